The van der Waals surface area contributed by atoms with Crippen LogP contribution in [0.25, 0.3) is 10.9 Å². The van der Waals surface area contributed by atoms with Gasteiger partial charge in [0.25, 0.3) is 5.56 Å². The van der Waals surface area contributed by atoms with E-state index in [1.807, 2.05) is 25.1 Å². The number of hydrogen-bond donors (Lipinski definition) is 1. The van der Waals surface area contributed by atoms with Gasteiger partial charge in [-0.25, -0.2) is 4.98 Å². The fourth-order valence-corrected chi connectivity index (χ4v) is 2.62. The van der Waals surface area contributed by atoms with Crippen LogP contribution in [0.5, 0.6) is 0 Å². The number of carbonyl (C=O) groups excluding carboxylic acids is 1. The highest BCUT2D eigenvalue weighted by Gasteiger charge is 2.10. The maximum absolute atomic E-state index is 12.5. The van der Waals surface area contributed by atoms with Crippen molar-refractivity contribution in [1.29, 1.82) is 10.5 Å². The first-order valence-electron chi connectivity index (χ1n) is 7.72. The first-order chi connectivity index (χ1) is 12.5. The molecular weight excluding hydrogens is 330 g/mol. The molecule has 0 aliphatic carbocycles. The van der Waals surface area contributed by atoms with Crippen molar-refractivity contribution in [3.05, 3.63) is 69.8 Å². The molecular formula is C19H13N5O2. The maximum Gasteiger partial charge on any atom is 0.261 e. The second-order valence-corrected chi connectivity index (χ2v) is 5.68. The summed E-state index contributed by atoms with van der Waals surface area (Å²) in [6, 6.07) is 13.5. The van der Waals surface area contributed by atoms with Crippen molar-refractivity contribution in [3.8, 4) is 12.1 Å². The van der Waals surface area contributed by atoms with Gasteiger partial charge in [0.15, 0.2) is 0 Å². The Morgan fingerprint density at radius 3 is 2.69 bits per heavy atom. The molecule has 0 spiro atoms. The molecule has 26 heavy (non-hydrogen) atoms. The Kier molecular flexibility index (Phi) is 4.46. The molecule has 1 amide bonds. The Balaban J connectivity index is 1.84. The third kappa shape index (κ3) is 3.14. The summed E-state index contributed by atoms with van der Waals surface area (Å²) in [7, 11) is 0. The fourth-order valence-electron chi connectivity index (χ4n) is 2.62. The van der Waals surface area contributed by atoms with Crippen LogP contribution in [0, 0.1) is 29.6 Å². The van der Waals surface area contributed by atoms with Gasteiger partial charge in [-0.15, -0.1) is 0 Å². The van der Waals surface area contributed by atoms with Crippen molar-refractivity contribution in [2.75, 3.05) is 5.32 Å². The summed E-state index contributed by atoms with van der Waals surface area (Å²) >= 11 is 0. The van der Waals surface area contributed by atoms with E-state index in [1.54, 1.807) is 12.1 Å². The van der Waals surface area contributed by atoms with Gasteiger partial charge in [0, 0.05) is 5.69 Å². The van der Waals surface area contributed by atoms with Gasteiger partial charge in [-0.05, 0) is 36.8 Å². The minimum Gasteiger partial charge on any atom is -0.324 e. The highest BCUT2D eigenvalue weighted by atomic mass is 16.2. The van der Waals surface area contributed by atoms with E-state index in [9.17, 15) is 9.59 Å². The number of rotatable bonds is 3. The van der Waals surface area contributed by atoms with Crippen molar-refractivity contribution in [3.63, 3.8) is 0 Å². The molecule has 0 unspecified atom stereocenters. The van der Waals surface area contributed by atoms with Crippen LogP contribution in [0.3, 0.4) is 0 Å². The first kappa shape index (κ1) is 16.9. The molecule has 0 saturated heterocycles. The van der Waals surface area contributed by atoms with Crippen LogP contribution in [-0.4, -0.2) is 15.5 Å². The van der Waals surface area contributed by atoms with E-state index in [4.69, 9.17) is 10.5 Å². The van der Waals surface area contributed by atoms with Crippen LogP contribution in [-0.2, 0) is 11.3 Å². The predicted octanol–water partition coefficient (Wildman–Crippen LogP) is 2.09. The van der Waals surface area contributed by atoms with E-state index in [0.717, 1.165) is 5.56 Å². The van der Waals surface area contributed by atoms with Crippen LogP contribution >= 0.6 is 0 Å². The largest absolute Gasteiger partial charge is 0.324 e. The summed E-state index contributed by atoms with van der Waals surface area (Å²) in [6.45, 7) is 1.65. The number of anilines is 1. The van der Waals surface area contributed by atoms with Gasteiger partial charge >= 0.3 is 0 Å². The SMILES string of the molecule is Cc1cccc2c(=O)n(CC(=O)Nc3ccc(C#N)c(C#N)c3)cnc12. The summed E-state index contributed by atoms with van der Waals surface area (Å²) in [6.07, 6.45) is 1.34. The number of nitrogens with zero attached hydrogens (tertiary/aromatic N) is 4. The topological polar surface area (TPSA) is 112 Å². The normalized spacial score (nSPS) is 10.1. The van der Waals surface area contributed by atoms with Gasteiger partial charge in [0.2, 0.25) is 5.91 Å². The Labute approximate surface area is 148 Å². The molecule has 0 atom stereocenters. The molecule has 1 heterocycles. The molecule has 7 nitrogen and oxygen atoms in total. The van der Waals surface area contributed by atoms with E-state index >= 15 is 0 Å². The smallest absolute Gasteiger partial charge is 0.261 e. The minimum atomic E-state index is -0.436. The number of benzene rings is 2. The van der Waals surface area contributed by atoms with Crippen LogP contribution in [0.4, 0.5) is 5.69 Å². The molecule has 0 radical (unpaired) electrons. The van der Waals surface area contributed by atoms with Crippen molar-refractivity contribution in [2.24, 2.45) is 0 Å². The van der Waals surface area contributed by atoms with Crippen LogP contribution < -0.4 is 10.9 Å². The molecule has 1 N–H and O–H groups in total. The predicted molar refractivity (Wildman–Crippen MR) is 95.2 cm³/mol. The van der Waals surface area contributed by atoms with Gasteiger partial charge in [-0.2, -0.15) is 10.5 Å². The minimum absolute atomic E-state index is 0.172. The van der Waals surface area contributed by atoms with Gasteiger partial charge < -0.3 is 5.32 Å². The number of para-hydroxylation sites is 1. The lowest BCUT2D eigenvalue weighted by Crippen LogP contribution is -2.28. The number of nitrogens with one attached hydrogen (secondary N) is 1. The van der Waals surface area contributed by atoms with Crippen molar-refractivity contribution < 1.29 is 4.79 Å². The summed E-state index contributed by atoms with van der Waals surface area (Å²) in [5, 5.41) is 21.0. The molecule has 3 rings (SSSR count). The van der Waals surface area contributed by atoms with Crippen molar-refractivity contribution >= 4 is 22.5 Å². The average Bonchev–Trinajstić information content (AvgIpc) is 2.64. The van der Waals surface area contributed by atoms with Gasteiger partial charge in [0.1, 0.15) is 18.7 Å². The molecule has 126 valence electrons. The number of aryl methyl sites for hydroxylation is 1. The number of fused-ring (bicyclic) bond motifs is 1. The van der Waals surface area contributed by atoms with E-state index in [2.05, 4.69) is 10.3 Å². The van der Waals surface area contributed by atoms with Gasteiger partial charge in [0.05, 0.1) is 28.4 Å². The summed E-state index contributed by atoms with van der Waals surface area (Å²) in [4.78, 5) is 29.0. The summed E-state index contributed by atoms with van der Waals surface area (Å²) in [5.41, 5.74) is 1.98. The second kappa shape index (κ2) is 6.88. The lowest BCUT2D eigenvalue weighted by atomic mass is 10.1. The third-order valence-corrected chi connectivity index (χ3v) is 3.91. The number of hydrogen-bond acceptors (Lipinski definition) is 5. The zero-order valence-corrected chi connectivity index (χ0v) is 13.9. The third-order valence-electron chi connectivity index (χ3n) is 3.91. The first-order valence-corrected chi connectivity index (χ1v) is 7.72. The standard InChI is InChI=1S/C19H13N5O2/c1-12-3-2-4-16-18(12)22-11-24(19(16)26)10-17(25)23-15-6-5-13(8-20)14(7-15)9-21/h2-7,11H,10H2,1H3,(H,23,25). The number of amides is 1. The lowest BCUT2D eigenvalue weighted by Gasteiger charge is -2.09. The quantitative estimate of drug-likeness (QED) is 0.782. The van der Waals surface area contributed by atoms with Crippen LogP contribution in [0.15, 0.2) is 47.5 Å². The number of aromatic nitrogens is 2. The van der Waals surface area contributed by atoms with Gasteiger partial charge in [-0.3, -0.25) is 14.2 Å². The Morgan fingerprint density at radius 2 is 1.96 bits per heavy atom. The molecule has 0 fully saturated rings. The monoisotopic (exact) mass is 343 g/mol. The Bertz CT molecular complexity index is 1170. The molecule has 2 aromatic carbocycles. The molecule has 7 heteroatoms. The summed E-state index contributed by atoms with van der Waals surface area (Å²) in [5.74, 6) is -0.436. The highest BCUT2D eigenvalue weighted by Crippen LogP contribution is 2.15. The zero-order valence-electron chi connectivity index (χ0n) is 13.9. The number of carbonyl (C=O) groups is 1. The zero-order chi connectivity index (χ0) is 18.7. The molecule has 0 saturated carbocycles. The molecule has 3 aromatic rings. The summed E-state index contributed by atoms with van der Waals surface area (Å²) < 4.78 is 1.23. The Hall–Kier alpha value is -3.97. The molecule has 0 bridgehead atoms. The molecule has 0 aliphatic heterocycles. The van der Waals surface area contributed by atoms with Crippen LogP contribution in [0.2, 0.25) is 0 Å². The molecule has 1 aromatic heterocycles. The van der Waals surface area contributed by atoms with E-state index in [1.165, 1.54) is 29.1 Å². The lowest BCUT2D eigenvalue weighted by molar-refractivity contribution is -0.116. The maximum atomic E-state index is 12.5. The van der Waals surface area contributed by atoms with Crippen LogP contribution in [0.1, 0.15) is 16.7 Å². The molecule has 0 aliphatic rings. The van der Waals surface area contributed by atoms with Gasteiger partial charge in [-0.1, -0.05) is 12.1 Å². The highest BCUT2D eigenvalue weighted by molar-refractivity contribution is 5.91. The van der Waals surface area contributed by atoms with E-state index < -0.39 is 5.91 Å². The average molecular weight is 343 g/mol. The van der Waals surface area contributed by atoms with Crippen molar-refractivity contribution in [1.82, 2.24) is 9.55 Å². The fraction of sp³-hybridized carbons (Fsp3) is 0.105. The van der Waals surface area contributed by atoms with E-state index in [-0.39, 0.29) is 23.2 Å². The van der Waals surface area contributed by atoms with E-state index in [0.29, 0.717) is 16.6 Å². The van der Waals surface area contributed by atoms with Crippen molar-refractivity contribution in [2.45, 2.75) is 13.5 Å². The number of nitriles is 2. The second-order valence-electron chi connectivity index (χ2n) is 5.68. The Morgan fingerprint density at radius 1 is 1.19 bits per heavy atom.